The summed E-state index contributed by atoms with van der Waals surface area (Å²) in [7, 11) is 0. The van der Waals surface area contributed by atoms with Gasteiger partial charge in [0.2, 0.25) is 11.7 Å². The zero-order chi connectivity index (χ0) is 18.9. The first-order valence-electron chi connectivity index (χ1n) is 8.61. The minimum atomic E-state index is 0.359. The summed E-state index contributed by atoms with van der Waals surface area (Å²) >= 11 is 0. The standard InChI is InChI=1S/C22H12N4O2/c23-13-14-5-4-8-17(11-14)22-25-20(26-28-22)16-9-10-19-18(12-16)24-21(27-19)15-6-2-1-3-7-15/h1-12H. The molecule has 0 aliphatic heterocycles. The number of aromatic nitrogens is 3. The van der Waals surface area contributed by atoms with Gasteiger partial charge in [-0.15, -0.1) is 0 Å². The van der Waals surface area contributed by atoms with E-state index in [9.17, 15) is 0 Å². The van der Waals surface area contributed by atoms with Gasteiger partial charge in [0.1, 0.15) is 5.52 Å². The van der Waals surface area contributed by atoms with Gasteiger partial charge in [0.05, 0.1) is 11.6 Å². The highest BCUT2D eigenvalue weighted by Gasteiger charge is 2.14. The van der Waals surface area contributed by atoms with Crippen LogP contribution in [0, 0.1) is 11.3 Å². The maximum absolute atomic E-state index is 9.04. The average molecular weight is 364 g/mol. The molecule has 6 nitrogen and oxygen atoms in total. The molecular formula is C22H12N4O2. The number of oxazole rings is 1. The lowest BCUT2D eigenvalue weighted by atomic mass is 10.1. The van der Waals surface area contributed by atoms with Crippen LogP contribution in [0.4, 0.5) is 0 Å². The number of hydrogen-bond acceptors (Lipinski definition) is 6. The van der Waals surface area contributed by atoms with E-state index in [1.165, 1.54) is 0 Å². The zero-order valence-corrected chi connectivity index (χ0v) is 14.5. The molecule has 0 unspecified atom stereocenters. The molecule has 0 bridgehead atoms. The molecule has 3 aromatic carbocycles. The number of rotatable bonds is 3. The highest BCUT2D eigenvalue weighted by atomic mass is 16.5. The van der Waals surface area contributed by atoms with Gasteiger partial charge in [-0.3, -0.25) is 0 Å². The van der Waals surface area contributed by atoms with E-state index in [0.717, 1.165) is 11.1 Å². The molecule has 2 heterocycles. The Morgan fingerprint density at radius 2 is 1.61 bits per heavy atom. The smallest absolute Gasteiger partial charge is 0.258 e. The number of nitrogens with zero attached hydrogens (tertiary/aromatic N) is 4. The van der Waals surface area contributed by atoms with Gasteiger partial charge in [0, 0.05) is 16.7 Å². The fraction of sp³-hybridized carbons (Fsp3) is 0. The van der Waals surface area contributed by atoms with Crippen LogP contribution in [0.1, 0.15) is 5.56 Å². The third-order valence-corrected chi connectivity index (χ3v) is 4.33. The summed E-state index contributed by atoms with van der Waals surface area (Å²) in [6.07, 6.45) is 0. The summed E-state index contributed by atoms with van der Waals surface area (Å²) in [6, 6.07) is 24.5. The van der Waals surface area contributed by atoms with Gasteiger partial charge in [-0.25, -0.2) is 4.98 Å². The molecule has 0 aliphatic rings. The molecule has 0 fully saturated rings. The first kappa shape index (κ1) is 16.0. The summed E-state index contributed by atoms with van der Waals surface area (Å²) in [4.78, 5) is 9.02. The van der Waals surface area contributed by atoms with Gasteiger partial charge in [-0.1, -0.05) is 29.4 Å². The monoisotopic (exact) mass is 364 g/mol. The van der Waals surface area contributed by atoms with Gasteiger partial charge >= 0.3 is 0 Å². The van der Waals surface area contributed by atoms with E-state index in [1.54, 1.807) is 18.2 Å². The molecule has 0 radical (unpaired) electrons. The number of fused-ring (bicyclic) bond motifs is 1. The lowest BCUT2D eigenvalue weighted by molar-refractivity contribution is 0.432. The maximum Gasteiger partial charge on any atom is 0.258 e. The van der Waals surface area contributed by atoms with Crippen LogP contribution in [-0.2, 0) is 0 Å². The van der Waals surface area contributed by atoms with Gasteiger partial charge in [0.25, 0.3) is 5.89 Å². The number of benzene rings is 3. The molecule has 6 heteroatoms. The Kier molecular flexibility index (Phi) is 3.70. The summed E-state index contributed by atoms with van der Waals surface area (Å²) < 4.78 is 11.2. The summed E-state index contributed by atoms with van der Waals surface area (Å²) in [5, 5.41) is 13.1. The van der Waals surface area contributed by atoms with Crippen molar-refractivity contribution in [3.63, 3.8) is 0 Å². The van der Waals surface area contributed by atoms with Crippen LogP contribution in [0.5, 0.6) is 0 Å². The molecule has 0 N–H and O–H groups in total. The van der Waals surface area contributed by atoms with Crippen molar-refractivity contribution in [1.29, 1.82) is 5.26 Å². The number of hydrogen-bond donors (Lipinski definition) is 0. The second-order valence-corrected chi connectivity index (χ2v) is 6.18. The molecule has 5 rings (SSSR count). The van der Waals surface area contributed by atoms with Crippen molar-refractivity contribution >= 4 is 11.1 Å². The van der Waals surface area contributed by atoms with Crippen molar-refractivity contribution < 1.29 is 8.94 Å². The minimum Gasteiger partial charge on any atom is -0.436 e. The van der Waals surface area contributed by atoms with Crippen LogP contribution in [0.3, 0.4) is 0 Å². The van der Waals surface area contributed by atoms with E-state index in [0.29, 0.717) is 39.8 Å². The van der Waals surface area contributed by atoms with Gasteiger partial charge in [-0.05, 0) is 48.5 Å². The van der Waals surface area contributed by atoms with Gasteiger partial charge in [0.15, 0.2) is 5.58 Å². The van der Waals surface area contributed by atoms with Crippen LogP contribution in [0.15, 0.2) is 81.7 Å². The van der Waals surface area contributed by atoms with E-state index in [2.05, 4.69) is 21.2 Å². The molecule has 2 aromatic heterocycles. The van der Waals surface area contributed by atoms with Crippen molar-refractivity contribution in [2.24, 2.45) is 0 Å². The molecular weight excluding hydrogens is 352 g/mol. The van der Waals surface area contributed by atoms with Crippen molar-refractivity contribution in [1.82, 2.24) is 15.1 Å². The number of nitriles is 1. The van der Waals surface area contributed by atoms with Crippen LogP contribution >= 0.6 is 0 Å². The van der Waals surface area contributed by atoms with Crippen LogP contribution in [-0.4, -0.2) is 15.1 Å². The first-order chi connectivity index (χ1) is 13.8. The second-order valence-electron chi connectivity index (χ2n) is 6.18. The molecule has 5 aromatic rings. The Morgan fingerprint density at radius 3 is 2.46 bits per heavy atom. The molecule has 132 valence electrons. The minimum absolute atomic E-state index is 0.359. The van der Waals surface area contributed by atoms with Crippen LogP contribution in [0.25, 0.3) is 45.4 Å². The maximum atomic E-state index is 9.04. The van der Waals surface area contributed by atoms with E-state index >= 15 is 0 Å². The molecule has 0 amide bonds. The summed E-state index contributed by atoms with van der Waals surface area (Å²) in [6.45, 7) is 0. The van der Waals surface area contributed by atoms with Crippen molar-refractivity contribution in [2.45, 2.75) is 0 Å². The highest BCUT2D eigenvalue weighted by Crippen LogP contribution is 2.28. The fourth-order valence-corrected chi connectivity index (χ4v) is 2.95. The highest BCUT2D eigenvalue weighted by molar-refractivity contribution is 5.81. The largest absolute Gasteiger partial charge is 0.436 e. The normalized spacial score (nSPS) is 10.8. The lowest BCUT2D eigenvalue weighted by Gasteiger charge is -1.94. The van der Waals surface area contributed by atoms with Crippen LogP contribution < -0.4 is 0 Å². The molecule has 0 saturated heterocycles. The van der Waals surface area contributed by atoms with Gasteiger partial charge in [-0.2, -0.15) is 10.2 Å². The Bertz CT molecular complexity index is 1330. The predicted octanol–water partition coefficient (Wildman–Crippen LogP) is 5.08. The Balaban J connectivity index is 1.51. The first-order valence-corrected chi connectivity index (χ1v) is 8.61. The lowest BCUT2D eigenvalue weighted by Crippen LogP contribution is -1.82. The van der Waals surface area contributed by atoms with Crippen molar-refractivity contribution in [3.05, 3.63) is 78.4 Å². The van der Waals surface area contributed by atoms with E-state index in [-0.39, 0.29) is 0 Å². The average Bonchev–Trinajstić information content (AvgIpc) is 3.41. The predicted molar refractivity (Wildman–Crippen MR) is 103 cm³/mol. The topological polar surface area (TPSA) is 88.7 Å². The second kappa shape index (κ2) is 6.49. The zero-order valence-electron chi connectivity index (χ0n) is 14.5. The summed E-state index contributed by atoms with van der Waals surface area (Å²) in [5.74, 6) is 1.37. The third kappa shape index (κ3) is 2.81. The Hall–Kier alpha value is -4.24. The molecule has 0 aliphatic carbocycles. The van der Waals surface area contributed by atoms with E-state index < -0.39 is 0 Å². The fourth-order valence-electron chi connectivity index (χ4n) is 2.95. The van der Waals surface area contributed by atoms with E-state index in [4.69, 9.17) is 14.2 Å². The van der Waals surface area contributed by atoms with Gasteiger partial charge < -0.3 is 8.94 Å². The Labute approximate surface area is 159 Å². The molecule has 0 atom stereocenters. The quantitative estimate of drug-likeness (QED) is 0.443. The van der Waals surface area contributed by atoms with Crippen molar-refractivity contribution in [3.8, 4) is 40.4 Å². The molecule has 0 spiro atoms. The third-order valence-electron chi connectivity index (χ3n) is 4.33. The van der Waals surface area contributed by atoms with E-state index in [1.807, 2.05) is 54.6 Å². The molecule has 28 heavy (non-hydrogen) atoms. The SMILES string of the molecule is N#Cc1cccc(-c2nc(-c3ccc4oc(-c5ccccc5)nc4c3)no2)c1. The van der Waals surface area contributed by atoms with Crippen molar-refractivity contribution in [2.75, 3.05) is 0 Å². The van der Waals surface area contributed by atoms with Crippen LogP contribution in [0.2, 0.25) is 0 Å². The summed E-state index contributed by atoms with van der Waals surface area (Å²) in [5.41, 5.74) is 4.33. The Morgan fingerprint density at radius 1 is 0.750 bits per heavy atom. The molecule has 0 saturated carbocycles.